The van der Waals surface area contributed by atoms with Gasteiger partial charge in [0.25, 0.3) is 5.91 Å². The first-order valence-electron chi connectivity index (χ1n) is 20.8. The number of nitrogens with one attached hydrogen (secondary N) is 3. The number of thiazole rings is 1. The van der Waals surface area contributed by atoms with Crippen molar-refractivity contribution in [1.29, 1.82) is 0 Å². The maximum Gasteiger partial charge on any atom is 0.308 e. The zero-order chi connectivity index (χ0) is 44.0. The van der Waals surface area contributed by atoms with Crippen LogP contribution in [0.5, 0.6) is 11.5 Å². The fourth-order valence-corrected chi connectivity index (χ4v) is 10.2. The number of sulfonamides is 1. The molecule has 1 saturated heterocycles. The lowest BCUT2D eigenvalue weighted by Gasteiger charge is -2.30. The van der Waals surface area contributed by atoms with Crippen molar-refractivity contribution in [1.82, 2.24) is 30.2 Å². The molecule has 7 rings (SSSR count). The number of carbonyl (C=O) groups is 5. The van der Waals surface area contributed by atoms with Crippen molar-refractivity contribution >= 4 is 61.9 Å². The van der Waals surface area contributed by atoms with Crippen molar-refractivity contribution in [2.75, 3.05) is 13.7 Å². The van der Waals surface area contributed by atoms with E-state index in [0.29, 0.717) is 58.8 Å². The minimum absolute atomic E-state index is 0.0319. The van der Waals surface area contributed by atoms with Gasteiger partial charge in [-0.05, 0) is 77.8 Å². The molecule has 16 nitrogen and oxygen atoms in total. The van der Waals surface area contributed by atoms with Gasteiger partial charge >= 0.3 is 5.97 Å². The number of esters is 1. The van der Waals surface area contributed by atoms with Crippen LogP contribution in [-0.2, 0) is 38.7 Å². The average Bonchev–Trinajstić information content (AvgIpc) is 4.06. The molecule has 3 fully saturated rings. The third-order valence-corrected chi connectivity index (χ3v) is 14.1. The van der Waals surface area contributed by atoms with Gasteiger partial charge in [-0.15, -0.1) is 11.3 Å². The molecule has 2 aliphatic carbocycles. The number of carbonyl (C=O) groups excluding carboxylic acids is 5. The summed E-state index contributed by atoms with van der Waals surface area (Å²) in [6.07, 6.45) is 4.05. The molecule has 2 saturated carbocycles. The van der Waals surface area contributed by atoms with Crippen molar-refractivity contribution in [2.45, 2.75) is 133 Å². The number of amides is 4. The molecule has 0 spiro atoms. The normalized spacial score (nSPS) is 24.9. The summed E-state index contributed by atoms with van der Waals surface area (Å²) in [6, 6.07) is 2.76. The summed E-state index contributed by atoms with van der Waals surface area (Å²) in [7, 11) is -2.38. The van der Waals surface area contributed by atoms with Crippen LogP contribution in [0, 0.1) is 12.8 Å². The van der Waals surface area contributed by atoms with Gasteiger partial charge in [0.1, 0.15) is 51.5 Å². The molecule has 0 radical (unpaired) electrons. The van der Waals surface area contributed by atoms with Crippen LogP contribution in [0.1, 0.15) is 103 Å². The highest BCUT2D eigenvalue weighted by Crippen LogP contribution is 2.46. The Balaban J connectivity index is 1.26. The molecule has 4 heterocycles. The van der Waals surface area contributed by atoms with Gasteiger partial charge in [-0.1, -0.05) is 26.0 Å². The summed E-state index contributed by atoms with van der Waals surface area (Å²) in [5, 5.41) is 8.22. The molecule has 0 unspecified atom stereocenters. The maximum absolute atomic E-state index is 14.7. The first-order chi connectivity index (χ1) is 28.8. The Hall–Kier alpha value is -5.10. The Morgan fingerprint density at radius 1 is 1.11 bits per heavy atom. The quantitative estimate of drug-likeness (QED) is 0.189. The number of aromatic nitrogens is 2. The van der Waals surface area contributed by atoms with Gasteiger partial charge in [-0.25, -0.2) is 18.4 Å². The predicted molar refractivity (Wildman–Crippen MR) is 227 cm³/mol. The van der Waals surface area contributed by atoms with Crippen LogP contribution >= 0.6 is 11.3 Å². The highest BCUT2D eigenvalue weighted by Gasteiger charge is 2.62. The van der Waals surface area contributed by atoms with E-state index in [1.54, 1.807) is 52.2 Å². The van der Waals surface area contributed by atoms with Gasteiger partial charge in [0.15, 0.2) is 0 Å². The van der Waals surface area contributed by atoms with Gasteiger partial charge in [0.2, 0.25) is 27.7 Å². The lowest BCUT2D eigenvalue weighted by Crippen LogP contribution is -2.58. The van der Waals surface area contributed by atoms with Gasteiger partial charge in [-0.2, -0.15) is 0 Å². The van der Waals surface area contributed by atoms with Crippen LogP contribution in [0.25, 0.3) is 21.6 Å². The van der Waals surface area contributed by atoms with Crippen molar-refractivity contribution < 1.29 is 46.6 Å². The van der Waals surface area contributed by atoms with Gasteiger partial charge in [0.05, 0.1) is 36.5 Å². The van der Waals surface area contributed by atoms with E-state index in [4.69, 9.17) is 24.2 Å². The van der Waals surface area contributed by atoms with E-state index in [1.165, 1.54) is 16.2 Å². The minimum atomic E-state index is -3.96. The van der Waals surface area contributed by atoms with Crippen LogP contribution in [-0.4, -0.2) is 101 Å². The number of fused-ring (bicyclic) bond motifs is 3. The van der Waals surface area contributed by atoms with Crippen LogP contribution in [0.4, 0.5) is 0 Å². The smallest absolute Gasteiger partial charge is 0.308 e. The largest absolute Gasteiger partial charge is 0.496 e. The molecule has 2 aromatic heterocycles. The maximum atomic E-state index is 14.7. The number of nitrogens with zero attached hydrogens (tertiary/aromatic N) is 3. The number of benzene rings is 1. The summed E-state index contributed by atoms with van der Waals surface area (Å²) in [4.78, 5) is 80.8. The second-order valence-corrected chi connectivity index (χ2v) is 20.5. The van der Waals surface area contributed by atoms with Gasteiger partial charge in [-0.3, -0.25) is 28.7 Å². The Labute approximate surface area is 359 Å². The van der Waals surface area contributed by atoms with E-state index in [1.807, 2.05) is 18.4 Å². The van der Waals surface area contributed by atoms with E-state index in [9.17, 15) is 32.4 Å². The molecule has 4 aliphatic rings. The van der Waals surface area contributed by atoms with Crippen molar-refractivity contribution in [3.8, 4) is 22.2 Å². The first kappa shape index (κ1) is 44.0. The minimum Gasteiger partial charge on any atom is -0.496 e. The highest BCUT2D eigenvalue weighted by atomic mass is 32.2. The fourth-order valence-electron chi connectivity index (χ4n) is 7.86. The summed E-state index contributed by atoms with van der Waals surface area (Å²) >= 11 is 1.45. The molecule has 5 atom stereocenters. The van der Waals surface area contributed by atoms with E-state index >= 15 is 0 Å². The Kier molecular flexibility index (Phi) is 12.2. The number of pyridine rings is 1. The molecule has 0 bridgehead atoms. The lowest BCUT2D eigenvalue weighted by atomic mass is 10.1. The predicted octanol–water partition coefficient (Wildman–Crippen LogP) is 4.59. The Morgan fingerprint density at radius 3 is 2.54 bits per heavy atom. The molecule has 328 valence electrons. The molecule has 61 heavy (non-hydrogen) atoms. The third-order valence-electron chi connectivity index (χ3n) is 11.4. The molecule has 3 N–H and O–H groups in total. The van der Waals surface area contributed by atoms with Crippen LogP contribution in [0.2, 0.25) is 0 Å². The van der Waals surface area contributed by atoms with Gasteiger partial charge in [0, 0.05) is 41.2 Å². The van der Waals surface area contributed by atoms with Gasteiger partial charge < -0.3 is 29.7 Å². The van der Waals surface area contributed by atoms with Crippen molar-refractivity contribution in [3.05, 3.63) is 47.0 Å². The molecule has 18 heteroatoms. The second-order valence-electron chi connectivity index (χ2n) is 17.7. The molecule has 3 aromatic rings. The molecule has 4 amide bonds. The van der Waals surface area contributed by atoms with Crippen LogP contribution in [0.3, 0.4) is 0 Å². The standard InChI is InChI=1S/C43H54N6O10S2/c1-23(2)31-22-60-39(46-31)29-18-34(28-15-16-33(57-7)24(3)37(28)45-29)58-26-17-32-38(52)47-43(41(54)48-61(55,56)27-13-14-27)20-25(43)11-9-8-10-12-35(50)44-30(40(53)49(32)21-26)19-36(51)59-42(4,5)6/h9,11,15-16,18,22-23,25-27,30,32H,8,10,12-14,17,19-21H2,1-7H3,(H,44,50)(H,47,52)(H,48,54)/t25-,26-,30+,32+,43-/m1/s1. The third kappa shape index (κ3) is 9.69. The fraction of sp³-hybridized carbons (Fsp3) is 0.558. The highest BCUT2D eigenvalue weighted by molar-refractivity contribution is 7.91. The average molecular weight is 879 g/mol. The number of rotatable bonds is 10. The van der Waals surface area contributed by atoms with E-state index in [2.05, 4.69) is 29.2 Å². The van der Waals surface area contributed by atoms with E-state index in [-0.39, 0.29) is 31.7 Å². The monoisotopic (exact) mass is 878 g/mol. The topological polar surface area (TPSA) is 212 Å². The lowest BCUT2D eigenvalue weighted by molar-refractivity contribution is -0.157. The number of aryl methyl sites for hydroxylation is 1. The summed E-state index contributed by atoms with van der Waals surface area (Å²) < 4.78 is 46.0. The van der Waals surface area contributed by atoms with Crippen LogP contribution < -0.4 is 24.8 Å². The SMILES string of the molecule is COc1ccc2c(O[C@@H]3C[C@H]4C(=O)N[C@]5(C(=O)NS(=O)(=O)C6CC6)C[C@H]5C=CCCCC(=O)N[C@@H](CC(=O)OC(C)(C)C)C(=O)N4C3)cc(-c3nc(C(C)C)cs3)nc2c1C. The van der Waals surface area contributed by atoms with Crippen LogP contribution in [0.15, 0.2) is 35.7 Å². The Morgan fingerprint density at radius 2 is 1.87 bits per heavy atom. The number of hydrogen-bond acceptors (Lipinski definition) is 13. The molecule has 2 aliphatic heterocycles. The van der Waals surface area contributed by atoms with Crippen molar-refractivity contribution in [2.24, 2.45) is 5.92 Å². The zero-order valence-corrected chi connectivity index (χ0v) is 37.2. The number of ether oxygens (including phenoxy) is 3. The molecule has 1 aromatic carbocycles. The molecular formula is C43H54N6O10S2. The number of methoxy groups -OCH3 is 1. The molecular weight excluding hydrogens is 825 g/mol. The Bertz CT molecular complexity index is 2390. The van der Waals surface area contributed by atoms with Crippen molar-refractivity contribution in [3.63, 3.8) is 0 Å². The second kappa shape index (κ2) is 17.0. The summed E-state index contributed by atoms with van der Waals surface area (Å²) in [6.45, 7) is 10.9. The van der Waals surface area contributed by atoms with E-state index in [0.717, 1.165) is 11.3 Å². The van der Waals surface area contributed by atoms with E-state index < -0.39 is 86.5 Å². The number of hydrogen-bond donors (Lipinski definition) is 3. The summed E-state index contributed by atoms with van der Waals surface area (Å²) in [5.74, 6) is -2.78. The number of allylic oxidation sites excluding steroid dienone is 1. The summed E-state index contributed by atoms with van der Waals surface area (Å²) in [5.41, 5.74) is 0.369. The first-order valence-corrected chi connectivity index (χ1v) is 23.2. The zero-order valence-electron chi connectivity index (χ0n) is 35.5.